The van der Waals surface area contributed by atoms with Gasteiger partial charge in [0, 0.05) is 25.6 Å². The number of nitrogens with zero attached hydrogens (tertiary/aromatic N) is 3. The van der Waals surface area contributed by atoms with Crippen molar-refractivity contribution in [2.24, 2.45) is 0 Å². The molecule has 7 nitrogen and oxygen atoms in total. The number of nitrogens with one attached hydrogen (secondary N) is 1. The van der Waals surface area contributed by atoms with E-state index in [4.69, 9.17) is 4.52 Å². The number of thiophene rings is 1. The summed E-state index contributed by atoms with van der Waals surface area (Å²) in [5.74, 6) is 0.602. The molecular formula is C16H16N4O3S. The highest BCUT2D eigenvalue weighted by Crippen LogP contribution is 2.15. The third kappa shape index (κ3) is 4.24. The van der Waals surface area contributed by atoms with E-state index in [0.717, 1.165) is 5.56 Å². The van der Waals surface area contributed by atoms with Gasteiger partial charge in [0.1, 0.15) is 5.69 Å². The maximum absolute atomic E-state index is 11.8. The molecule has 0 aliphatic heterocycles. The summed E-state index contributed by atoms with van der Waals surface area (Å²) >= 11 is 1.50. The van der Waals surface area contributed by atoms with Gasteiger partial charge < -0.3 is 14.9 Å². The number of carbonyl (C=O) groups excluding carboxylic acids is 1. The molecule has 124 valence electrons. The summed E-state index contributed by atoms with van der Waals surface area (Å²) in [6.45, 7) is 0.179. The average molecular weight is 344 g/mol. The first-order valence-electron chi connectivity index (χ1n) is 7.43. The molecule has 1 atom stereocenters. The van der Waals surface area contributed by atoms with Gasteiger partial charge in [-0.1, -0.05) is 11.2 Å². The van der Waals surface area contributed by atoms with Gasteiger partial charge in [-0.25, -0.2) is 0 Å². The minimum atomic E-state index is -0.695. The van der Waals surface area contributed by atoms with E-state index in [9.17, 15) is 9.90 Å². The summed E-state index contributed by atoms with van der Waals surface area (Å²) in [4.78, 5) is 20.2. The van der Waals surface area contributed by atoms with Crippen LogP contribution >= 0.6 is 11.3 Å². The van der Waals surface area contributed by atoms with E-state index in [1.807, 2.05) is 22.9 Å². The zero-order chi connectivity index (χ0) is 16.8. The largest absolute Gasteiger partial charge is 0.387 e. The van der Waals surface area contributed by atoms with Crippen LogP contribution in [0.1, 0.15) is 24.0 Å². The van der Waals surface area contributed by atoms with Crippen LogP contribution in [-0.2, 0) is 11.2 Å². The number of hydrogen-bond acceptors (Lipinski definition) is 7. The van der Waals surface area contributed by atoms with Crippen LogP contribution in [0.25, 0.3) is 11.5 Å². The Morgan fingerprint density at radius 3 is 3.04 bits per heavy atom. The molecule has 3 rings (SSSR count). The second kappa shape index (κ2) is 7.80. The average Bonchev–Trinajstić information content (AvgIpc) is 3.30. The van der Waals surface area contributed by atoms with Crippen molar-refractivity contribution in [1.29, 1.82) is 0 Å². The minimum absolute atomic E-state index is 0.179. The Hall–Kier alpha value is -2.58. The van der Waals surface area contributed by atoms with Crippen molar-refractivity contribution in [3.05, 3.63) is 52.7 Å². The van der Waals surface area contributed by atoms with E-state index >= 15 is 0 Å². The standard InChI is InChI=1S/C16H16N4O3S/c21-13(11-6-8-24-10-11)9-18-14(22)4-5-15-19-16(20-23-15)12-3-1-2-7-17-12/h1-3,6-8,10,13,21H,4-5,9H2,(H,18,22). The van der Waals surface area contributed by atoms with Gasteiger partial charge in [0.15, 0.2) is 0 Å². The maximum Gasteiger partial charge on any atom is 0.227 e. The van der Waals surface area contributed by atoms with Crippen LogP contribution in [0.3, 0.4) is 0 Å². The van der Waals surface area contributed by atoms with Gasteiger partial charge in [-0.05, 0) is 34.5 Å². The molecule has 0 aliphatic rings. The molecule has 0 saturated heterocycles. The highest BCUT2D eigenvalue weighted by atomic mass is 32.1. The Bertz CT molecular complexity index is 774. The Kier molecular flexibility index (Phi) is 5.29. The monoisotopic (exact) mass is 344 g/mol. The van der Waals surface area contributed by atoms with Gasteiger partial charge in [-0.2, -0.15) is 16.3 Å². The molecule has 24 heavy (non-hydrogen) atoms. The van der Waals surface area contributed by atoms with E-state index in [2.05, 4.69) is 20.4 Å². The summed E-state index contributed by atoms with van der Waals surface area (Å²) < 4.78 is 5.12. The van der Waals surface area contributed by atoms with Crippen molar-refractivity contribution >= 4 is 17.2 Å². The van der Waals surface area contributed by atoms with Gasteiger partial charge in [-0.15, -0.1) is 0 Å². The molecule has 0 fully saturated rings. The first kappa shape index (κ1) is 16.3. The number of amides is 1. The predicted molar refractivity (Wildman–Crippen MR) is 88.1 cm³/mol. The predicted octanol–water partition coefficient (Wildman–Crippen LogP) is 1.98. The quantitative estimate of drug-likeness (QED) is 0.679. The smallest absolute Gasteiger partial charge is 0.227 e. The van der Waals surface area contributed by atoms with Crippen LogP contribution in [0, 0.1) is 0 Å². The molecule has 3 aromatic heterocycles. The molecule has 0 saturated carbocycles. The van der Waals surface area contributed by atoms with Crippen LogP contribution in [0.2, 0.25) is 0 Å². The molecule has 0 bridgehead atoms. The maximum atomic E-state index is 11.8. The molecule has 0 spiro atoms. The lowest BCUT2D eigenvalue weighted by Gasteiger charge is -2.09. The number of hydrogen-bond donors (Lipinski definition) is 2. The number of aromatic nitrogens is 3. The Morgan fingerprint density at radius 2 is 2.29 bits per heavy atom. The van der Waals surface area contributed by atoms with Crippen molar-refractivity contribution in [3.8, 4) is 11.5 Å². The van der Waals surface area contributed by atoms with Gasteiger partial charge in [-0.3, -0.25) is 9.78 Å². The first-order chi connectivity index (χ1) is 11.7. The SMILES string of the molecule is O=C(CCc1nc(-c2ccccn2)no1)NCC(O)c1ccsc1. The molecule has 3 heterocycles. The molecule has 1 unspecified atom stereocenters. The van der Waals surface area contributed by atoms with Gasteiger partial charge in [0.2, 0.25) is 17.6 Å². The number of carbonyl (C=O) groups is 1. The van der Waals surface area contributed by atoms with Crippen molar-refractivity contribution < 1.29 is 14.4 Å². The second-order valence-electron chi connectivity index (χ2n) is 5.10. The Morgan fingerprint density at radius 1 is 1.38 bits per heavy atom. The number of pyridine rings is 1. The molecular weight excluding hydrogens is 328 g/mol. The normalized spacial score (nSPS) is 12.0. The van der Waals surface area contributed by atoms with E-state index in [-0.39, 0.29) is 18.9 Å². The van der Waals surface area contributed by atoms with E-state index < -0.39 is 6.10 Å². The fourth-order valence-electron chi connectivity index (χ4n) is 2.06. The van der Waals surface area contributed by atoms with Crippen LogP contribution in [0.15, 0.2) is 45.7 Å². The number of aryl methyl sites for hydroxylation is 1. The topological polar surface area (TPSA) is 101 Å². The molecule has 0 aliphatic carbocycles. The molecule has 1 amide bonds. The lowest BCUT2D eigenvalue weighted by molar-refractivity contribution is -0.121. The van der Waals surface area contributed by atoms with E-state index in [1.54, 1.807) is 18.3 Å². The number of rotatable bonds is 7. The first-order valence-corrected chi connectivity index (χ1v) is 8.37. The van der Waals surface area contributed by atoms with E-state index in [0.29, 0.717) is 23.8 Å². The molecule has 8 heteroatoms. The fourth-order valence-corrected chi connectivity index (χ4v) is 2.76. The van der Waals surface area contributed by atoms with Gasteiger partial charge in [0.05, 0.1) is 6.10 Å². The number of aliphatic hydroxyl groups excluding tert-OH is 1. The second-order valence-corrected chi connectivity index (χ2v) is 5.88. The molecule has 3 aromatic rings. The molecule has 2 N–H and O–H groups in total. The zero-order valence-corrected chi connectivity index (χ0v) is 13.6. The van der Waals surface area contributed by atoms with Crippen LogP contribution in [0.5, 0.6) is 0 Å². The minimum Gasteiger partial charge on any atom is -0.387 e. The van der Waals surface area contributed by atoms with Crippen molar-refractivity contribution in [3.63, 3.8) is 0 Å². The van der Waals surface area contributed by atoms with Crippen molar-refractivity contribution in [1.82, 2.24) is 20.4 Å². The van der Waals surface area contributed by atoms with Crippen LogP contribution < -0.4 is 5.32 Å². The van der Waals surface area contributed by atoms with Crippen molar-refractivity contribution in [2.45, 2.75) is 18.9 Å². The third-order valence-electron chi connectivity index (χ3n) is 3.35. The molecule has 0 aromatic carbocycles. The summed E-state index contributed by atoms with van der Waals surface area (Å²) in [5.41, 5.74) is 1.42. The van der Waals surface area contributed by atoms with Crippen LogP contribution in [-0.4, -0.2) is 32.7 Å². The molecule has 0 radical (unpaired) electrons. The highest BCUT2D eigenvalue weighted by Gasteiger charge is 2.13. The summed E-state index contributed by atoms with van der Waals surface area (Å²) in [5, 5.41) is 20.2. The Labute approximate surface area is 142 Å². The summed E-state index contributed by atoms with van der Waals surface area (Å²) in [6, 6.07) is 7.26. The fraction of sp³-hybridized carbons (Fsp3) is 0.250. The summed E-state index contributed by atoms with van der Waals surface area (Å²) in [6.07, 6.45) is 1.50. The van der Waals surface area contributed by atoms with Gasteiger partial charge >= 0.3 is 0 Å². The van der Waals surface area contributed by atoms with Crippen molar-refractivity contribution in [2.75, 3.05) is 6.54 Å². The lowest BCUT2D eigenvalue weighted by Crippen LogP contribution is -2.28. The third-order valence-corrected chi connectivity index (χ3v) is 4.05. The summed E-state index contributed by atoms with van der Waals surface area (Å²) in [7, 11) is 0. The highest BCUT2D eigenvalue weighted by molar-refractivity contribution is 7.07. The van der Waals surface area contributed by atoms with E-state index in [1.165, 1.54) is 11.3 Å². The number of aliphatic hydroxyl groups is 1. The van der Waals surface area contributed by atoms with Gasteiger partial charge in [0.25, 0.3) is 0 Å². The Balaban J connectivity index is 1.46. The lowest BCUT2D eigenvalue weighted by atomic mass is 10.2. The zero-order valence-electron chi connectivity index (χ0n) is 12.8. The van der Waals surface area contributed by atoms with Crippen LogP contribution in [0.4, 0.5) is 0 Å².